The third kappa shape index (κ3) is 2.76. The summed E-state index contributed by atoms with van der Waals surface area (Å²) >= 11 is 0. The SMILES string of the molecule is CC1CC1CNc1ccc(C#N)c(C(F)(F)F)c1. The van der Waals surface area contributed by atoms with Gasteiger partial charge in [-0.3, -0.25) is 0 Å². The van der Waals surface area contributed by atoms with Crippen LogP contribution in [0.4, 0.5) is 18.9 Å². The van der Waals surface area contributed by atoms with Crippen LogP contribution in [0.15, 0.2) is 18.2 Å². The van der Waals surface area contributed by atoms with Gasteiger partial charge in [0.2, 0.25) is 0 Å². The van der Waals surface area contributed by atoms with Gasteiger partial charge in [-0.1, -0.05) is 6.92 Å². The van der Waals surface area contributed by atoms with Crippen LogP contribution in [0.1, 0.15) is 24.5 Å². The maximum absolute atomic E-state index is 12.7. The fraction of sp³-hybridized carbons (Fsp3) is 0.462. The van der Waals surface area contributed by atoms with Crippen molar-refractivity contribution in [1.82, 2.24) is 0 Å². The standard InChI is InChI=1S/C13H13F3N2/c1-8-4-10(8)7-18-11-3-2-9(6-17)12(5-11)13(14,15)16/h2-3,5,8,10,18H,4,7H2,1H3. The lowest BCUT2D eigenvalue weighted by molar-refractivity contribution is -0.137. The zero-order valence-electron chi connectivity index (χ0n) is 9.88. The summed E-state index contributed by atoms with van der Waals surface area (Å²) in [4.78, 5) is 0. The molecule has 1 aliphatic carbocycles. The zero-order valence-corrected chi connectivity index (χ0v) is 9.88. The summed E-state index contributed by atoms with van der Waals surface area (Å²) in [6.07, 6.45) is -3.37. The lowest BCUT2D eigenvalue weighted by Gasteiger charge is -2.12. The van der Waals surface area contributed by atoms with E-state index in [2.05, 4.69) is 12.2 Å². The van der Waals surface area contributed by atoms with Gasteiger partial charge in [0.15, 0.2) is 0 Å². The molecular weight excluding hydrogens is 241 g/mol. The number of rotatable bonds is 3. The van der Waals surface area contributed by atoms with Crippen molar-refractivity contribution in [2.24, 2.45) is 11.8 Å². The molecule has 2 nitrogen and oxygen atoms in total. The molecule has 1 saturated carbocycles. The largest absolute Gasteiger partial charge is 0.417 e. The summed E-state index contributed by atoms with van der Waals surface area (Å²) in [6.45, 7) is 2.80. The molecule has 1 aliphatic rings. The summed E-state index contributed by atoms with van der Waals surface area (Å²) in [7, 11) is 0. The van der Waals surface area contributed by atoms with Crippen molar-refractivity contribution < 1.29 is 13.2 Å². The Hall–Kier alpha value is -1.70. The molecule has 0 heterocycles. The molecule has 0 saturated heterocycles. The van der Waals surface area contributed by atoms with Crippen molar-refractivity contribution in [2.75, 3.05) is 11.9 Å². The minimum atomic E-state index is -4.49. The Labute approximate surface area is 103 Å². The molecule has 18 heavy (non-hydrogen) atoms. The zero-order chi connectivity index (χ0) is 13.3. The van der Waals surface area contributed by atoms with Crippen molar-refractivity contribution in [3.05, 3.63) is 29.3 Å². The van der Waals surface area contributed by atoms with Crippen molar-refractivity contribution in [3.8, 4) is 6.07 Å². The fourth-order valence-electron chi connectivity index (χ4n) is 1.92. The van der Waals surface area contributed by atoms with E-state index in [1.54, 1.807) is 6.07 Å². The Morgan fingerprint density at radius 3 is 2.61 bits per heavy atom. The third-order valence-electron chi connectivity index (χ3n) is 3.29. The molecule has 1 aromatic carbocycles. The second-order valence-electron chi connectivity index (χ2n) is 4.72. The lowest BCUT2D eigenvalue weighted by atomic mass is 10.1. The average Bonchev–Trinajstić information content (AvgIpc) is 3.01. The van der Waals surface area contributed by atoms with Gasteiger partial charge in [0, 0.05) is 12.2 Å². The smallest absolute Gasteiger partial charge is 0.385 e. The van der Waals surface area contributed by atoms with Gasteiger partial charge in [-0.15, -0.1) is 0 Å². The first-order chi connectivity index (χ1) is 8.41. The van der Waals surface area contributed by atoms with Gasteiger partial charge >= 0.3 is 6.18 Å². The fourth-order valence-corrected chi connectivity index (χ4v) is 1.92. The average molecular weight is 254 g/mol. The predicted molar refractivity (Wildman–Crippen MR) is 61.9 cm³/mol. The van der Waals surface area contributed by atoms with E-state index in [-0.39, 0.29) is 5.56 Å². The summed E-state index contributed by atoms with van der Waals surface area (Å²) in [5.41, 5.74) is -0.799. The van der Waals surface area contributed by atoms with Crippen LogP contribution in [0.5, 0.6) is 0 Å². The van der Waals surface area contributed by atoms with Crippen LogP contribution in [-0.4, -0.2) is 6.54 Å². The van der Waals surface area contributed by atoms with Gasteiger partial charge < -0.3 is 5.32 Å². The van der Waals surface area contributed by atoms with E-state index >= 15 is 0 Å². The minimum absolute atomic E-state index is 0.340. The van der Waals surface area contributed by atoms with E-state index in [0.717, 1.165) is 12.5 Å². The highest BCUT2D eigenvalue weighted by Crippen LogP contribution is 2.38. The summed E-state index contributed by atoms with van der Waals surface area (Å²) in [5.74, 6) is 1.20. The highest BCUT2D eigenvalue weighted by molar-refractivity contribution is 5.53. The maximum Gasteiger partial charge on any atom is 0.417 e. The van der Waals surface area contributed by atoms with E-state index in [4.69, 9.17) is 5.26 Å². The maximum atomic E-state index is 12.7. The first kappa shape index (κ1) is 12.7. The van der Waals surface area contributed by atoms with Crippen molar-refractivity contribution in [2.45, 2.75) is 19.5 Å². The number of benzene rings is 1. The molecule has 0 spiro atoms. The third-order valence-corrected chi connectivity index (χ3v) is 3.29. The molecule has 2 unspecified atom stereocenters. The second-order valence-corrected chi connectivity index (χ2v) is 4.72. The van der Waals surface area contributed by atoms with E-state index in [1.807, 2.05) is 0 Å². The van der Waals surface area contributed by atoms with Crippen LogP contribution < -0.4 is 5.32 Å². The van der Waals surface area contributed by atoms with Gasteiger partial charge in [-0.2, -0.15) is 18.4 Å². The van der Waals surface area contributed by atoms with Crippen LogP contribution >= 0.6 is 0 Å². The molecule has 0 bridgehead atoms. The van der Waals surface area contributed by atoms with Crippen molar-refractivity contribution in [3.63, 3.8) is 0 Å². The number of alkyl halides is 3. The molecule has 2 rings (SSSR count). The first-order valence-electron chi connectivity index (χ1n) is 5.77. The Morgan fingerprint density at radius 1 is 1.44 bits per heavy atom. The number of halogens is 3. The molecule has 2 atom stereocenters. The number of nitrogens with one attached hydrogen (secondary N) is 1. The Bertz CT molecular complexity index is 488. The molecule has 0 amide bonds. The van der Waals surface area contributed by atoms with E-state index in [0.29, 0.717) is 24.1 Å². The highest BCUT2D eigenvalue weighted by Gasteiger charge is 2.34. The second kappa shape index (κ2) is 4.52. The summed E-state index contributed by atoms with van der Waals surface area (Å²) in [6, 6.07) is 5.30. The lowest BCUT2D eigenvalue weighted by Crippen LogP contribution is -2.10. The van der Waals surface area contributed by atoms with Crippen LogP contribution in [0.3, 0.4) is 0 Å². The molecule has 1 N–H and O–H groups in total. The quantitative estimate of drug-likeness (QED) is 0.893. The normalized spacial score (nSPS) is 22.4. The molecule has 96 valence electrons. The van der Waals surface area contributed by atoms with Crippen LogP contribution in [0.25, 0.3) is 0 Å². The van der Waals surface area contributed by atoms with Crippen molar-refractivity contribution in [1.29, 1.82) is 5.26 Å². The van der Waals surface area contributed by atoms with Gasteiger partial charge in [0.05, 0.1) is 17.2 Å². The monoisotopic (exact) mass is 254 g/mol. The number of nitrogens with zero attached hydrogens (tertiary/aromatic N) is 1. The molecular formula is C13H13F3N2. The van der Waals surface area contributed by atoms with E-state index < -0.39 is 11.7 Å². The Morgan fingerprint density at radius 2 is 2.11 bits per heavy atom. The highest BCUT2D eigenvalue weighted by atomic mass is 19.4. The topological polar surface area (TPSA) is 35.8 Å². The number of nitriles is 1. The van der Waals surface area contributed by atoms with Crippen LogP contribution in [0, 0.1) is 23.2 Å². The van der Waals surface area contributed by atoms with Crippen LogP contribution in [-0.2, 0) is 6.18 Å². The van der Waals surface area contributed by atoms with E-state index in [9.17, 15) is 13.2 Å². The van der Waals surface area contributed by atoms with Crippen LogP contribution in [0.2, 0.25) is 0 Å². The summed E-state index contributed by atoms with van der Waals surface area (Å²) in [5, 5.41) is 11.7. The molecule has 0 aromatic heterocycles. The molecule has 1 aromatic rings. The number of hydrogen-bond donors (Lipinski definition) is 1. The van der Waals surface area contributed by atoms with E-state index in [1.165, 1.54) is 12.1 Å². The predicted octanol–water partition coefficient (Wildman–Crippen LogP) is 3.64. The molecule has 0 radical (unpaired) electrons. The van der Waals surface area contributed by atoms with Gasteiger partial charge in [0.1, 0.15) is 0 Å². The Kier molecular flexibility index (Phi) is 3.20. The Balaban J connectivity index is 2.15. The molecule has 1 fully saturated rings. The first-order valence-corrected chi connectivity index (χ1v) is 5.77. The van der Waals surface area contributed by atoms with Gasteiger partial charge in [0.25, 0.3) is 0 Å². The molecule has 5 heteroatoms. The number of anilines is 1. The summed E-state index contributed by atoms with van der Waals surface area (Å²) < 4.78 is 38.1. The minimum Gasteiger partial charge on any atom is -0.385 e. The molecule has 0 aliphatic heterocycles. The number of hydrogen-bond acceptors (Lipinski definition) is 2. The van der Waals surface area contributed by atoms with Gasteiger partial charge in [-0.05, 0) is 36.5 Å². The van der Waals surface area contributed by atoms with Gasteiger partial charge in [-0.25, -0.2) is 0 Å². The van der Waals surface area contributed by atoms with Crippen molar-refractivity contribution >= 4 is 5.69 Å².